The summed E-state index contributed by atoms with van der Waals surface area (Å²) in [4.78, 5) is 13.5. The number of thiazole rings is 1. The molecule has 0 saturated carbocycles. The summed E-state index contributed by atoms with van der Waals surface area (Å²) in [6.45, 7) is 5.80. The van der Waals surface area contributed by atoms with Gasteiger partial charge in [0.05, 0.1) is 30.0 Å². The predicted molar refractivity (Wildman–Crippen MR) is 113 cm³/mol. The maximum atomic E-state index is 5.51. The van der Waals surface area contributed by atoms with Gasteiger partial charge in [0, 0.05) is 39.1 Å². The lowest BCUT2D eigenvalue weighted by atomic mass is 10.1. The van der Waals surface area contributed by atoms with E-state index in [2.05, 4.69) is 49.7 Å². The molecule has 0 radical (unpaired) electrons. The van der Waals surface area contributed by atoms with Crippen LogP contribution in [0.3, 0.4) is 0 Å². The molecule has 6 nitrogen and oxygen atoms in total. The second kappa shape index (κ2) is 9.08. The molecule has 1 saturated heterocycles. The van der Waals surface area contributed by atoms with Gasteiger partial charge < -0.3 is 19.9 Å². The van der Waals surface area contributed by atoms with E-state index >= 15 is 0 Å². The Kier molecular flexibility index (Phi) is 6.55. The molecule has 27 heavy (non-hydrogen) atoms. The number of guanidine groups is 1. The average Bonchev–Trinajstić information content (AvgIpc) is 3.31. The number of hydrogen-bond acceptors (Lipinski definition) is 5. The largest absolute Gasteiger partial charge is 0.495 e. The van der Waals surface area contributed by atoms with Crippen molar-refractivity contribution in [3.8, 4) is 5.75 Å². The summed E-state index contributed by atoms with van der Waals surface area (Å²) < 4.78 is 5.51. The number of nitrogens with zero attached hydrogens (tertiary/aromatic N) is 4. The average molecular weight is 388 g/mol. The molecular formula is C20H29N5OS. The molecule has 1 fully saturated rings. The second-order valence-electron chi connectivity index (χ2n) is 6.91. The van der Waals surface area contributed by atoms with Crippen LogP contribution in [0, 0.1) is 12.8 Å². The van der Waals surface area contributed by atoms with Crippen LogP contribution in [0.15, 0.2) is 34.6 Å². The van der Waals surface area contributed by atoms with Gasteiger partial charge in [-0.05, 0) is 31.4 Å². The molecule has 1 aliphatic rings. The number of methoxy groups -OCH3 is 1. The highest BCUT2D eigenvalue weighted by Gasteiger charge is 2.25. The molecule has 0 bridgehead atoms. The van der Waals surface area contributed by atoms with E-state index in [-0.39, 0.29) is 0 Å². The van der Waals surface area contributed by atoms with Crippen molar-refractivity contribution >= 4 is 23.0 Å². The first-order valence-electron chi connectivity index (χ1n) is 9.31. The summed E-state index contributed by atoms with van der Waals surface area (Å²) in [5, 5.41) is 6.75. The highest BCUT2D eigenvalue weighted by Crippen LogP contribution is 2.31. The maximum Gasteiger partial charge on any atom is 0.193 e. The van der Waals surface area contributed by atoms with E-state index in [1.165, 1.54) is 5.69 Å². The van der Waals surface area contributed by atoms with E-state index in [0.717, 1.165) is 55.0 Å². The van der Waals surface area contributed by atoms with E-state index in [9.17, 15) is 0 Å². The summed E-state index contributed by atoms with van der Waals surface area (Å²) >= 11 is 1.69. The van der Waals surface area contributed by atoms with Crippen LogP contribution in [0.25, 0.3) is 0 Å². The summed E-state index contributed by atoms with van der Waals surface area (Å²) in [6.07, 6.45) is 1.16. The fourth-order valence-electron chi connectivity index (χ4n) is 3.53. The Morgan fingerprint density at radius 3 is 2.96 bits per heavy atom. The Labute approximate surface area is 165 Å². The zero-order valence-corrected chi connectivity index (χ0v) is 17.4. The van der Waals surface area contributed by atoms with Crippen LogP contribution in [0.4, 0.5) is 5.69 Å². The first-order valence-corrected chi connectivity index (χ1v) is 10.2. The van der Waals surface area contributed by atoms with Gasteiger partial charge in [0.25, 0.3) is 0 Å². The van der Waals surface area contributed by atoms with Crippen molar-refractivity contribution in [2.75, 3.05) is 45.7 Å². The van der Waals surface area contributed by atoms with Gasteiger partial charge in [-0.1, -0.05) is 12.1 Å². The van der Waals surface area contributed by atoms with Crippen LogP contribution < -0.4 is 15.0 Å². The highest BCUT2D eigenvalue weighted by atomic mass is 32.1. The van der Waals surface area contributed by atoms with Crippen LogP contribution in [-0.2, 0) is 6.54 Å². The molecule has 1 aromatic carbocycles. The molecule has 0 aliphatic carbocycles. The van der Waals surface area contributed by atoms with Crippen molar-refractivity contribution in [3.63, 3.8) is 0 Å². The highest BCUT2D eigenvalue weighted by molar-refractivity contribution is 7.09. The standard InChI is InChI=1S/C20H29N5OS/c1-15-23-17(14-27-15)13-24(3)20(21-2)22-11-16-9-10-25(12-16)18-7-5-6-8-19(18)26-4/h5-8,14,16H,9-13H2,1-4H3,(H,21,22). The van der Waals surface area contributed by atoms with Crippen LogP contribution in [0.1, 0.15) is 17.1 Å². The first kappa shape index (κ1) is 19.5. The number of aliphatic imine (C=N–C) groups is 1. The summed E-state index contributed by atoms with van der Waals surface area (Å²) in [7, 11) is 5.62. The first-order chi connectivity index (χ1) is 13.1. The Balaban J connectivity index is 1.52. The Bertz CT molecular complexity index is 775. The second-order valence-corrected chi connectivity index (χ2v) is 7.98. The number of ether oxygens (including phenoxy) is 1. The minimum atomic E-state index is 0.585. The number of aromatic nitrogens is 1. The normalized spacial score (nSPS) is 17.3. The van der Waals surface area contributed by atoms with Crippen molar-refractivity contribution in [1.82, 2.24) is 15.2 Å². The number of aryl methyl sites for hydroxylation is 1. The molecule has 2 aromatic rings. The lowest BCUT2D eigenvalue weighted by molar-refractivity contribution is 0.414. The summed E-state index contributed by atoms with van der Waals surface area (Å²) in [6, 6.07) is 8.25. The van der Waals surface area contributed by atoms with Crippen molar-refractivity contribution in [1.29, 1.82) is 0 Å². The van der Waals surface area contributed by atoms with E-state index in [4.69, 9.17) is 4.74 Å². The van der Waals surface area contributed by atoms with E-state index in [1.54, 1.807) is 18.4 Å². The molecular weight excluding hydrogens is 358 g/mol. The number of hydrogen-bond donors (Lipinski definition) is 1. The molecule has 1 unspecified atom stereocenters. The minimum Gasteiger partial charge on any atom is -0.495 e. The van der Waals surface area contributed by atoms with Gasteiger partial charge in [-0.15, -0.1) is 11.3 Å². The van der Waals surface area contributed by atoms with Gasteiger partial charge in [0.2, 0.25) is 0 Å². The fraction of sp³-hybridized carbons (Fsp3) is 0.500. The lowest BCUT2D eigenvalue weighted by Gasteiger charge is -2.24. The van der Waals surface area contributed by atoms with Crippen LogP contribution in [0.2, 0.25) is 0 Å². The summed E-state index contributed by atoms with van der Waals surface area (Å²) in [5.74, 6) is 2.44. The smallest absolute Gasteiger partial charge is 0.193 e. The van der Waals surface area contributed by atoms with Crippen molar-refractivity contribution < 1.29 is 4.74 Å². The number of anilines is 1. The van der Waals surface area contributed by atoms with Gasteiger partial charge in [-0.3, -0.25) is 4.99 Å². The molecule has 1 aromatic heterocycles. The van der Waals surface area contributed by atoms with E-state index < -0.39 is 0 Å². The molecule has 1 atom stereocenters. The molecule has 7 heteroatoms. The number of para-hydroxylation sites is 2. The van der Waals surface area contributed by atoms with Gasteiger partial charge in [0.1, 0.15) is 5.75 Å². The third-order valence-corrected chi connectivity index (χ3v) is 5.72. The third kappa shape index (κ3) is 4.91. The zero-order chi connectivity index (χ0) is 19.2. The Morgan fingerprint density at radius 2 is 2.26 bits per heavy atom. The van der Waals surface area contributed by atoms with Crippen molar-refractivity contribution in [2.24, 2.45) is 10.9 Å². The number of rotatable bonds is 6. The third-order valence-electron chi connectivity index (χ3n) is 4.90. The van der Waals surface area contributed by atoms with Gasteiger partial charge in [-0.2, -0.15) is 0 Å². The lowest BCUT2D eigenvalue weighted by Crippen LogP contribution is -2.41. The zero-order valence-electron chi connectivity index (χ0n) is 16.6. The molecule has 0 amide bonds. The van der Waals surface area contributed by atoms with E-state index in [0.29, 0.717) is 5.92 Å². The van der Waals surface area contributed by atoms with Gasteiger partial charge >= 0.3 is 0 Å². The van der Waals surface area contributed by atoms with Crippen LogP contribution in [-0.4, -0.2) is 56.7 Å². The Hall–Kier alpha value is -2.28. The SMILES string of the molecule is CN=C(NCC1CCN(c2ccccc2OC)C1)N(C)Cc1csc(C)n1. The van der Waals surface area contributed by atoms with E-state index in [1.807, 2.05) is 26.1 Å². The van der Waals surface area contributed by atoms with Crippen molar-refractivity contribution in [3.05, 3.63) is 40.3 Å². The predicted octanol–water partition coefficient (Wildman–Crippen LogP) is 2.99. The maximum absolute atomic E-state index is 5.51. The Morgan fingerprint density at radius 1 is 1.44 bits per heavy atom. The fourth-order valence-corrected chi connectivity index (χ4v) is 4.13. The van der Waals surface area contributed by atoms with Gasteiger partial charge in [-0.25, -0.2) is 4.98 Å². The molecule has 1 aliphatic heterocycles. The quantitative estimate of drug-likeness (QED) is 0.610. The monoisotopic (exact) mass is 387 g/mol. The molecule has 0 spiro atoms. The van der Waals surface area contributed by atoms with Crippen LogP contribution >= 0.6 is 11.3 Å². The van der Waals surface area contributed by atoms with Crippen molar-refractivity contribution in [2.45, 2.75) is 19.9 Å². The topological polar surface area (TPSA) is 53.0 Å². The molecule has 2 heterocycles. The minimum absolute atomic E-state index is 0.585. The summed E-state index contributed by atoms with van der Waals surface area (Å²) in [5.41, 5.74) is 2.27. The number of nitrogens with one attached hydrogen (secondary N) is 1. The number of benzene rings is 1. The molecule has 3 rings (SSSR count). The molecule has 146 valence electrons. The molecule has 1 N–H and O–H groups in total. The van der Waals surface area contributed by atoms with Gasteiger partial charge in [0.15, 0.2) is 5.96 Å². The van der Waals surface area contributed by atoms with Crippen LogP contribution in [0.5, 0.6) is 5.75 Å².